The van der Waals surface area contributed by atoms with Gasteiger partial charge in [0.25, 0.3) is 5.91 Å². The molecule has 1 fully saturated rings. The Morgan fingerprint density at radius 1 is 1.00 bits per heavy atom. The summed E-state index contributed by atoms with van der Waals surface area (Å²) in [5.74, 6) is -2.60. The van der Waals surface area contributed by atoms with E-state index in [0.717, 1.165) is 4.90 Å². The van der Waals surface area contributed by atoms with Gasteiger partial charge in [-0.25, -0.2) is 9.37 Å². The zero-order valence-corrected chi connectivity index (χ0v) is 22.6. The molecule has 2 aromatic carbocycles. The summed E-state index contributed by atoms with van der Waals surface area (Å²) in [6.45, 7) is 1.33. The molecule has 2 heterocycles. The van der Waals surface area contributed by atoms with Crippen molar-refractivity contribution in [3.63, 3.8) is 0 Å². The summed E-state index contributed by atoms with van der Waals surface area (Å²) in [6, 6.07) is 8.20. The number of halogens is 7. The van der Waals surface area contributed by atoms with E-state index in [1.165, 1.54) is 48.5 Å². The predicted octanol–water partition coefficient (Wildman–Crippen LogP) is 6.05. The summed E-state index contributed by atoms with van der Waals surface area (Å²) in [5, 5.41) is 0. The van der Waals surface area contributed by atoms with Crippen LogP contribution in [0.2, 0.25) is 0 Å². The Kier molecular flexibility index (Phi) is 8.51. The van der Waals surface area contributed by atoms with Gasteiger partial charge in [-0.3, -0.25) is 9.59 Å². The van der Waals surface area contributed by atoms with Crippen LogP contribution in [0.5, 0.6) is 0 Å². The molecule has 2 N–H and O–H groups in total. The maximum atomic E-state index is 13.9. The zero-order chi connectivity index (χ0) is 31.0. The molecule has 0 saturated carbocycles. The molecule has 0 radical (unpaired) electrons. The molecule has 13 heteroatoms. The number of hydrogen-bond acceptors (Lipinski definition) is 4. The van der Waals surface area contributed by atoms with Crippen molar-refractivity contribution in [3.8, 4) is 0 Å². The number of aryl methyl sites for hydroxylation is 1. The molecule has 6 nitrogen and oxygen atoms in total. The number of carbonyl (C=O) groups excluding carboxylic acids is 2. The lowest BCUT2D eigenvalue weighted by Crippen LogP contribution is -2.47. The normalized spacial score (nSPS) is 17.7. The first-order chi connectivity index (χ1) is 19.5. The number of pyridine rings is 1. The molecular weight excluding hydrogens is 569 g/mol. The minimum atomic E-state index is -5.02. The van der Waals surface area contributed by atoms with Crippen LogP contribution in [0.1, 0.15) is 50.5 Å². The van der Waals surface area contributed by atoms with Crippen LogP contribution in [0.4, 0.5) is 36.6 Å². The van der Waals surface area contributed by atoms with Gasteiger partial charge in [-0.05, 0) is 72.5 Å². The summed E-state index contributed by atoms with van der Waals surface area (Å²) < 4.78 is 94.0. The standard InChI is InChI=1S/C29H27F7N4O2/c1-16-9-21(30)4-5-22(16)24-15-40(26(41)18-3-6-25(37)38-13-18)8-7-23(24)27(42)39(2)14-17-10-19(28(31,32)33)12-20(11-17)29(34,35)36/h3-6,9-13,23-24H,7-8,14-15H2,1-2H3,(H2,37,38)/t23-,24+/m1/s1. The number of nitrogens with two attached hydrogens (primary N) is 1. The van der Waals surface area contributed by atoms with Crippen LogP contribution in [-0.2, 0) is 23.7 Å². The van der Waals surface area contributed by atoms with Crippen molar-refractivity contribution in [2.45, 2.75) is 38.2 Å². The molecule has 224 valence electrons. The number of aromatic nitrogens is 1. The second-order valence-corrected chi connectivity index (χ2v) is 10.3. The molecule has 1 saturated heterocycles. The van der Waals surface area contributed by atoms with Crippen LogP contribution in [0.15, 0.2) is 54.7 Å². The number of carbonyl (C=O) groups is 2. The number of nitrogens with zero attached hydrogens (tertiary/aromatic N) is 3. The van der Waals surface area contributed by atoms with E-state index >= 15 is 0 Å². The van der Waals surface area contributed by atoms with Crippen LogP contribution in [0, 0.1) is 18.7 Å². The Balaban J connectivity index is 1.63. The van der Waals surface area contributed by atoms with Gasteiger partial charge in [0.1, 0.15) is 11.6 Å². The van der Waals surface area contributed by atoms with Crippen molar-refractivity contribution in [2.75, 3.05) is 25.9 Å². The van der Waals surface area contributed by atoms with Gasteiger partial charge in [0.05, 0.1) is 16.7 Å². The molecule has 1 aliphatic rings. The van der Waals surface area contributed by atoms with E-state index in [9.17, 15) is 40.3 Å². The Labute approximate surface area is 236 Å². The van der Waals surface area contributed by atoms with E-state index < -0.39 is 53.6 Å². The average Bonchev–Trinajstić information content (AvgIpc) is 2.91. The Hall–Kier alpha value is -4.16. The molecular formula is C29H27F7N4O2. The topological polar surface area (TPSA) is 79.5 Å². The fraction of sp³-hybridized carbons (Fsp3) is 0.345. The summed E-state index contributed by atoms with van der Waals surface area (Å²) in [4.78, 5) is 33.4. The first kappa shape index (κ1) is 30.8. The third-order valence-electron chi connectivity index (χ3n) is 7.33. The van der Waals surface area contributed by atoms with Crippen molar-refractivity contribution in [1.29, 1.82) is 0 Å². The summed E-state index contributed by atoms with van der Waals surface area (Å²) in [5.41, 5.74) is 3.70. The smallest absolute Gasteiger partial charge is 0.384 e. The number of rotatable bonds is 5. The highest BCUT2D eigenvalue weighted by molar-refractivity contribution is 5.94. The highest BCUT2D eigenvalue weighted by atomic mass is 19.4. The van der Waals surface area contributed by atoms with Gasteiger partial charge in [-0.2, -0.15) is 26.3 Å². The van der Waals surface area contributed by atoms with Gasteiger partial charge in [0, 0.05) is 44.7 Å². The molecule has 1 aliphatic heterocycles. The van der Waals surface area contributed by atoms with Crippen LogP contribution < -0.4 is 5.73 Å². The van der Waals surface area contributed by atoms with E-state index in [4.69, 9.17) is 5.73 Å². The van der Waals surface area contributed by atoms with E-state index in [0.29, 0.717) is 23.3 Å². The van der Waals surface area contributed by atoms with Gasteiger partial charge in [0.15, 0.2) is 0 Å². The third kappa shape index (κ3) is 6.82. The third-order valence-corrected chi connectivity index (χ3v) is 7.33. The first-order valence-corrected chi connectivity index (χ1v) is 12.8. The van der Waals surface area contributed by atoms with Crippen LogP contribution in [0.25, 0.3) is 0 Å². The van der Waals surface area contributed by atoms with E-state index in [1.54, 1.807) is 6.92 Å². The van der Waals surface area contributed by atoms with E-state index in [1.807, 2.05) is 0 Å². The summed E-state index contributed by atoms with van der Waals surface area (Å²) in [7, 11) is 1.29. The van der Waals surface area contributed by atoms with Crippen molar-refractivity contribution in [2.24, 2.45) is 5.92 Å². The molecule has 0 bridgehead atoms. The minimum Gasteiger partial charge on any atom is -0.384 e. The number of hydrogen-bond donors (Lipinski definition) is 1. The number of amides is 2. The Bertz CT molecular complexity index is 1440. The number of likely N-dealkylation sites (tertiary alicyclic amines) is 1. The second kappa shape index (κ2) is 11.6. The van der Waals surface area contributed by atoms with E-state index in [2.05, 4.69) is 4.98 Å². The van der Waals surface area contributed by atoms with Gasteiger partial charge >= 0.3 is 12.4 Å². The summed E-state index contributed by atoms with van der Waals surface area (Å²) in [6.07, 6.45) is -8.58. The number of alkyl halides is 6. The van der Waals surface area contributed by atoms with Crippen LogP contribution >= 0.6 is 0 Å². The van der Waals surface area contributed by atoms with Gasteiger partial charge < -0.3 is 15.5 Å². The van der Waals surface area contributed by atoms with Crippen molar-refractivity contribution in [1.82, 2.24) is 14.8 Å². The van der Waals surface area contributed by atoms with Gasteiger partial charge in [0.2, 0.25) is 5.91 Å². The zero-order valence-electron chi connectivity index (χ0n) is 22.6. The van der Waals surface area contributed by atoms with Crippen LogP contribution in [0.3, 0.4) is 0 Å². The Morgan fingerprint density at radius 3 is 2.19 bits per heavy atom. The average molecular weight is 597 g/mol. The lowest BCUT2D eigenvalue weighted by atomic mass is 9.78. The van der Waals surface area contributed by atoms with Gasteiger partial charge in [-0.15, -0.1) is 0 Å². The highest BCUT2D eigenvalue weighted by Crippen LogP contribution is 2.38. The molecule has 0 unspecified atom stereocenters. The van der Waals surface area contributed by atoms with Crippen LogP contribution in [-0.4, -0.2) is 46.7 Å². The molecule has 42 heavy (non-hydrogen) atoms. The lowest BCUT2D eigenvalue weighted by molar-refractivity contribution is -0.143. The van der Waals surface area contributed by atoms with Crippen molar-refractivity contribution >= 4 is 17.6 Å². The quantitative estimate of drug-likeness (QED) is 0.364. The number of anilines is 1. The van der Waals surface area contributed by atoms with E-state index in [-0.39, 0.29) is 48.4 Å². The first-order valence-electron chi connectivity index (χ1n) is 12.8. The predicted molar refractivity (Wildman–Crippen MR) is 139 cm³/mol. The maximum Gasteiger partial charge on any atom is 0.416 e. The molecule has 3 aromatic rings. The van der Waals surface area contributed by atoms with Crippen molar-refractivity contribution in [3.05, 3.63) is 93.9 Å². The monoisotopic (exact) mass is 596 g/mol. The largest absolute Gasteiger partial charge is 0.416 e. The molecule has 2 amide bonds. The molecule has 0 aliphatic carbocycles. The summed E-state index contributed by atoms with van der Waals surface area (Å²) >= 11 is 0. The molecule has 0 spiro atoms. The lowest BCUT2D eigenvalue weighted by Gasteiger charge is -2.40. The van der Waals surface area contributed by atoms with Crippen molar-refractivity contribution < 1.29 is 40.3 Å². The fourth-order valence-electron chi connectivity index (χ4n) is 5.26. The molecule has 4 rings (SSSR count). The SMILES string of the molecule is Cc1cc(F)ccc1[C@@H]1CN(C(=O)c2ccc(N)nc2)CC[C@H]1C(=O)N(C)Cc1cc(C(F)(F)F)cc(C(F)(F)F)c1. The Morgan fingerprint density at radius 2 is 1.64 bits per heavy atom. The molecule has 1 aromatic heterocycles. The molecule has 2 atom stereocenters. The van der Waals surface area contributed by atoms with Gasteiger partial charge in [-0.1, -0.05) is 6.07 Å². The number of nitrogen functional groups attached to an aromatic ring is 1. The fourth-order valence-corrected chi connectivity index (χ4v) is 5.26. The maximum absolute atomic E-state index is 13.9. The second-order valence-electron chi connectivity index (χ2n) is 10.3. The highest BCUT2D eigenvalue weighted by Gasteiger charge is 2.40. The minimum absolute atomic E-state index is 0.0298. The number of benzene rings is 2. The number of piperidine rings is 1.